The zero-order valence-electron chi connectivity index (χ0n) is 10.4. The van der Waals surface area contributed by atoms with E-state index >= 15 is 0 Å². The molecule has 2 aliphatic rings. The van der Waals surface area contributed by atoms with Crippen molar-refractivity contribution in [2.45, 2.75) is 31.7 Å². The quantitative estimate of drug-likeness (QED) is 0.594. The van der Waals surface area contributed by atoms with Crippen LogP contribution in [-0.4, -0.2) is 19.3 Å². The van der Waals surface area contributed by atoms with Gasteiger partial charge in [-0.25, -0.2) is 4.79 Å². The second-order valence-corrected chi connectivity index (χ2v) is 4.92. The third-order valence-electron chi connectivity index (χ3n) is 3.73. The molecule has 4 heteroatoms. The van der Waals surface area contributed by atoms with Crippen LogP contribution in [-0.2, 0) is 10.3 Å². The van der Waals surface area contributed by atoms with E-state index in [1.165, 1.54) is 0 Å². The van der Waals surface area contributed by atoms with E-state index in [1.807, 2.05) is 19.1 Å². The molecule has 4 nitrogen and oxygen atoms in total. The molecule has 94 valence electrons. The molecule has 1 heterocycles. The first-order chi connectivity index (χ1) is 8.75. The highest BCUT2D eigenvalue weighted by molar-refractivity contribution is 5.55. The van der Waals surface area contributed by atoms with Crippen molar-refractivity contribution >= 4 is 6.08 Å². The Hall–Kier alpha value is -1.80. The molecular formula is C14H15NO3. The fourth-order valence-corrected chi connectivity index (χ4v) is 2.68. The number of benzene rings is 1. The number of hydrogen-bond acceptors (Lipinski definition) is 4. The molecule has 0 N–H and O–H groups in total. The van der Waals surface area contributed by atoms with Gasteiger partial charge in [-0.2, -0.15) is 4.99 Å². The first-order valence-corrected chi connectivity index (χ1v) is 6.25. The Labute approximate surface area is 106 Å². The van der Waals surface area contributed by atoms with Crippen LogP contribution in [0.5, 0.6) is 11.5 Å². The van der Waals surface area contributed by atoms with Crippen molar-refractivity contribution in [3.8, 4) is 11.5 Å². The highest BCUT2D eigenvalue weighted by Gasteiger charge is 2.42. The van der Waals surface area contributed by atoms with Crippen molar-refractivity contribution in [1.82, 2.24) is 0 Å². The highest BCUT2D eigenvalue weighted by atomic mass is 16.6. The predicted molar refractivity (Wildman–Crippen MR) is 65.8 cm³/mol. The largest absolute Gasteiger partial charge is 0.486 e. The lowest BCUT2D eigenvalue weighted by molar-refractivity contribution is 0.160. The van der Waals surface area contributed by atoms with E-state index < -0.39 is 5.54 Å². The minimum Gasteiger partial charge on any atom is -0.486 e. The lowest BCUT2D eigenvalue weighted by Crippen LogP contribution is -2.33. The highest BCUT2D eigenvalue weighted by Crippen LogP contribution is 2.51. The van der Waals surface area contributed by atoms with E-state index in [9.17, 15) is 4.79 Å². The van der Waals surface area contributed by atoms with Gasteiger partial charge < -0.3 is 9.47 Å². The minimum absolute atomic E-state index is 0.432. The van der Waals surface area contributed by atoms with Crippen LogP contribution in [0.15, 0.2) is 17.1 Å². The van der Waals surface area contributed by atoms with Crippen LogP contribution in [0.1, 0.15) is 30.4 Å². The standard InChI is InChI=1S/C14H15NO3/c1-10-7-11(14(15-9-16)3-2-4-14)13-12(8-10)17-5-6-18-13/h7-8H,2-6H2,1H3. The second-order valence-electron chi connectivity index (χ2n) is 4.92. The van der Waals surface area contributed by atoms with Gasteiger partial charge in [0.05, 0.1) is 0 Å². The summed E-state index contributed by atoms with van der Waals surface area (Å²) in [7, 11) is 0. The molecule has 3 rings (SSSR count). The van der Waals surface area contributed by atoms with Gasteiger partial charge in [0.1, 0.15) is 18.8 Å². The number of aliphatic imine (C=N–C) groups is 1. The van der Waals surface area contributed by atoms with Crippen molar-refractivity contribution in [3.63, 3.8) is 0 Å². The normalized spacial score (nSPS) is 19.6. The van der Waals surface area contributed by atoms with Crippen LogP contribution in [0.4, 0.5) is 0 Å². The maximum atomic E-state index is 10.7. The number of isocyanates is 1. The summed E-state index contributed by atoms with van der Waals surface area (Å²) in [6, 6.07) is 4.02. The summed E-state index contributed by atoms with van der Waals surface area (Å²) in [5.74, 6) is 1.52. The maximum absolute atomic E-state index is 10.7. The van der Waals surface area contributed by atoms with E-state index in [0.717, 1.165) is 41.9 Å². The monoisotopic (exact) mass is 245 g/mol. The third kappa shape index (κ3) is 1.61. The molecule has 1 saturated carbocycles. The number of hydrogen-bond donors (Lipinski definition) is 0. The van der Waals surface area contributed by atoms with Gasteiger partial charge in [0.2, 0.25) is 6.08 Å². The number of ether oxygens (including phenoxy) is 2. The molecule has 0 bridgehead atoms. The van der Waals surface area contributed by atoms with E-state index in [0.29, 0.717) is 13.2 Å². The summed E-state index contributed by atoms with van der Waals surface area (Å²) in [6.45, 7) is 3.13. The van der Waals surface area contributed by atoms with Crippen LogP contribution >= 0.6 is 0 Å². The minimum atomic E-state index is -0.432. The van der Waals surface area contributed by atoms with Crippen molar-refractivity contribution < 1.29 is 14.3 Å². The average Bonchev–Trinajstić information content (AvgIpc) is 2.33. The summed E-state index contributed by atoms with van der Waals surface area (Å²) in [6.07, 6.45) is 4.54. The summed E-state index contributed by atoms with van der Waals surface area (Å²) in [5.41, 5.74) is 1.65. The Morgan fingerprint density at radius 3 is 2.72 bits per heavy atom. The van der Waals surface area contributed by atoms with E-state index in [2.05, 4.69) is 4.99 Å². The van der Waals surface area contributed by atoms with Crippen molar-refractivity contribution in [1.29, 1.82) is 0 Å². The van der Waals surface area contributed by atoms with E-state index in [4.69, 9.17) is 9.47 Å². The van der Waals surface area contributed by atoms with Gasteiger partial charge in [0.25, 0.3) is 0 Å². The van der Waals surface area contributed by atoms with Crippen molar-refractivity contribution in [3.05, 3.63) is 23.3 Å². The van der Waals surface area contributed by atoms with Gasteiger partial charge in [-0.15, -0.1) is 0 Å². The smallest absolute Gasteiger partial charge is 0.235 e. The first-order valence-electron chi connectivity index (χ1n) is 6.25. The Bertz CT molecular complexity index is 528. The van der Waals surface area contributed by atoms with Gasteiger partial charge >= 0.3 is 0 Å². The Balaban J connectivity index is 2.16. The van der Waals surface area contributed by atoms with Crippen LogP contribution in [0, 0.1) is 6.92 Å². The van der Waals surface area contributed by atoms with E-state index in [-0.39, 0.29) is 0 Å². The molecule has 1 aromatic carbocycles. The van der Waals surface area contributed by atoms with Gasteiger partial charge in [0, 0.05) is 5.56 Å². The molecule has 0 spiro atoms. The molecular weight excluding hydrogens is 230 g/mol. The van der Waals surface area contributed by atoms with Gasteiger partial charge in [-0.05, 0) is 43.9 Å². The van der Waals surface area contributed by atoms with Crippen LogP contribution in [0.25, 0.3) is 0 Å². The number of nitrogens with zero attached hydrogens (tertiary/aromatic N) is 1. The fourth-order valence-electron chi connectivity index (χ4n) is 2.68. The van der Waals surface area contributed by atoms with Crippen LogP contribution in [0.3, 0.4) is 0 Å². The van der Waals surface area contributed by atoms with Gasteiger partial charge in [-0.1, -0.05) is 0 Å². The molecule has 0 amide bonds. The van der Waals surface area contributed by atoms with Crippen molar-refractivity contribution in [2.24, 2.45) is 4.99 Å². The van der Waals surface area contributed by atoms with E-state index in [1.54, 1.807) is 6.08 Å². The fraction of sp³-hybridized carbons (Fsp3) is 0.500. The summed E-state index contributed by atoms with van der Waals surface area (Å²) < 4.78 is 11.3. The lowest BCUT2D eigenvalue weighted by atomic mass is 9.71. The maximum Gasteiger partial charge on any atom is 0.235 e. The Morgan fingerprint density at radius 1 is 1.28 bits per heavy atom. The Morgan fingerprint density at radius 2 is 2.06 bits per heavy atom. The number of fused-ring (bicyclic) bond motifs is 1. The number of carbonyl (C=O) groups excluding carboxylic acids is 1. The molecule has 0 atom stereocenters. The lowest BCUT2D eigenvalue weighted by Gasteiger charge is -2.39. The molecule has 1 aliphatic heterocycles. The zero-order chi connectivity index (χ0) is 12.6. The third-order valence-corrected chi connectivity index (χ3v) is 3.73. The topological polar surface area (TPSA) is 47.9 Å². The van der Waals surface area contributed by atoms with Gasteiger partial charge in [0.15, 0.2) is 11.5 Å². The molecule has 1 aliphatic carbocycles. The van der Waals surface area contributed by atoms with Crippen LogP contribution < -0.4 is 9.47 Å². The van der Waals surface area contributed by atoms with Crippen LogP contribution in [0.2, 0.25) is 0 Å². The summed E-state index contributed by atoms with van der Waals surface area (Å²) >= 11 is 0. The van der Waals surface area contributed by atoms with Gasteiger partial charge in [-0.3, -0.25) is 0 Å². The average molecular weight is 245 g/mol. The summed E-state index contributed by atoms with van der Waals surface area (Å²) in [5, 5.41) is 0. The molecule has 0 saturated heterocycles. The molecule has 0 radical (unpaired) electrons. The number of aryl methyl sites for hydroxylation is 1. The van der Waals surface area contributed by atoms with Crippen molar-refractivity contribution in [2.75, 3.05) is 13.2 Å². The zero-order valence-corrected chi connectivity index (χ0v) is 10.4. The molecule has 1 aromatic rings. The SMILES string of the molecule is Cc1cc2c(c(C3(N=C=O)CCC3)c1)OCCO2. The molecule has 0 unspecified atom stereocenters. The molecule has 18 heavy (non-hydrogen) atoms. The summed E-state index contributed by atoms with van der Waals surface area (Å²) in [4.78, 5) is 14.7. The molecule has 0 aromatic heterocycles. The first kappa shape index (κ1) is 11.3. The second kappa shape index (κ2) is 4.14. The predicted octanol–water partition coefficient (Wildman–Crippen LogP) is 2.48. The Kier molecular flexibility index (Phi) is 2.60. The number of rotatable bonds is 2. The molecule has 1 fully saturated rings.